The largest absolute Gasteiger partial charge is 0.507 e. The van der Waals surface area contributed by atoms with Gasteiger partial charge in [-0.2, -0.15) is 0 Å². The number of carbonyl (C=O) groups is 2. The van der Waals surface area contributed by atoms with Gasteiger partial charge in [0.05, 0.1) is 11.1 Å². The maximum atomic E-state index is 11.8. The van der Waals surface area contributed by atoms with Gasteiger partial charge in [-0.1, -0.05) is 30.3 Å². The van der Waals surface area contributed by atoms with E-state index in [1.165, 1.54) is 12.1 Å². The first kappa shape index (κ1) is 12.8. The number of para-hydroxylation sites is 1. The van der Waals surface area contributed by atoms with Crippen molar-refractivity contribution in [2.24, 2.45) is 0 Å². The van der Waals surface area contributed by atoms with E-state index in [-0.39, 0.29) is 11.3 Å². The van der Waals surface area contributed by atoms with Crippen molar-refractivity contribution in [2.75, 3.05) is 6.61 Å². The minimum Gasteiger partial charge on any atom is -0.507 e. The average molecular weight is 256 g/mol. The number of ketones is 1. The normalized spacial score (nSPS) is 9.89. The van der Waals surface area contributed by atoms with Gasteiger partial charge in [-0.05, 0) is 24.3 Å². The molecule has 0 aliphatic rings. The highest BCUT2D eigenvalue weighted by Gasteiger charge is 2.13. The standard InChI is InChI=1S/C15H12O4/c16-13-9-5-4-8-12(13)14(17)10-19-15(18)11-6-2-1-3-7-11/h1-9,16H,10H2. The molecule has 0 unspecified atom stereocenters. The molecule has 2 rings (SSSR count). The number of ether oxygens (including phenoxy) is 1. The Balaban J connectivity index is 1.98. The third-order valence-corrected chi connectivity index (χ3v) is 2.55. The van der Waals surface area contributed by atoms with Crippen molar-refractivity contribution in [1.82, 2.24) is 0 Å². The van der Waals surface area contributed by atoms with E-state index in [0.717, 1.165) is 0 Å². The van der Waals surface area contributed by atoms with E-state index in [1.807, 2.05) is 0 Å². The van der Waals surface area contributed by atoms with Crippen LogP contribution in [0.5, 0.6) is 5.75 Å². The van der Waals surface area contributed by atoms with E-state index >= 15 is 0 Å². The van der Waals surface area contributed by atoms with E-state index in [1.54, 1.807) is 42.5 Å². The van der Waals surface area contributed by atoms with E-state index in [4.69, 9.17) is 4.74 Å². The number of phenolic OH excluding ortho intramolecular Hbond substituents is 1. The molecule has 0 fully saturated rings. The zero-order valence-electron chi connectivity index (χ0n) is 10.1. The van der Waals surface area contributed by atoms with Crippen molar-refractivity contribution in [2.45, 2.75) is 0 Å². The van der Waals surface area contributed by atoms with Crippen LogP contribution in [-0.2, 0) is 4.74 Å². The van der Waals surface area contributed by atoms with Crippen molar-refractivity contribution < 1.29 is 19.4 Å². The van der Waals surface area contributed by atoms with Gasteiger partial charge < -0.3 is 9.84 Å². The van der Waals surface area contributed by atoms with Crippen LogP contribution in [0, 0.1) is 0 Å². The Labute approximate surface area is 110 Å². The molecule has 96 valence electrons. The van der Waals surface area contributed by atoms with Crippen LogP contribution in [0.3, 0.4) is 0 Å². The molecule has 0 saturated heterocycles. The number of aromatic hydroxyl groups is 1. The molecule has 0 amide bonds. The number of benzene rings is 2. The molecule has 19 heavy (non-hydrogen) atoms. The van der Waals surface area contributed by atoms with E-state index in [9.17, 15) is 14.7 Å². The van der Waals surface area contributed by atoms with Crippen LogP contribution in [0.1, 0.15) is 20.7 Å². The Kier molecular flexibility index (Phi) is 3.93. The summed E-state index contributed by atoms with van der Waals surface area (Å²) in [6.07, 6.45) is 0. The van der Waals surface area contributed by atoms with Gasteiger partial charge >= 0.3 is 5.97 Å². The summed E-state index contributed by atoms with van der Waals surface area (Å²) in [5, 5.41) is 9.50. The van der Waals surface area contributed by atoms with Crippen LogP contribution in [0.4, 0.5) is 0 Å². The number of hydrogen-bond donors (Lipinski definition) is 1. The molecule has 0 atom stereocenters. The predicted octanol–water partition coefficient (Wildman–Crippen LogP) is 2.43. The van der Waals surface area contributed by atoms with Gasteiger partial charge in [0.15, 0.2) is 6.61 Å². The number of rotatable bonds is 4. The molecule has 2 aromatic carbocycles. The third kappa shape index (κ3) is 3.19. The number of phenols is 1. The maximum Gasteiger partial charge on any atom is 0.338 e. The SMILES string of the molecule is O=C(OCC(=O)c1ccccc1O)c1ccccc1. The zero-order valence-corrected chi connectivity index (χ0v) is 10.1. The Bertz CT molecular complexity index is 590. The minimum absolute atomic E-state index is 0.122. The Morgan fingerprint density at radius 3 is 2.26 bits per heavy atom. The summed E-state index contributed by atoms with van der Waals surface area (Å²) in [6.45, 7) is -0.398. The lowest BCUT2D eigenvalue weighted by Gasteiger charge is -2.05. The van der Waals surface area contributed by atoms with Gasteiger partial charge in [0.2, 0.25) is 5.78 Å². The van der Waals surface area contributed by atoms with E-state index in [0.29, 0.717) is 5.56 Å². The second kappa shape index (κ2) is 5.82. The average Bonchev–Trinajstić information content (AvgIpc) is 2.46. The summed E-state index contributed by atoms with van der Waals surface area (Å²) < 4.78 is 4.90. The number of Topliss-reactive ketones (excluding diaryl/α,β-unsaturated/α-hetero) is 1. The maximum absolute atomic E-state index is 11.8. The molecule has 4 nitrogen and oxygen atoms in total. The lowest BCUT2D eigenvalue weighted by Crippen LogP contribution is -2.14. The van der Waals surface area contributed by atoms with Crippen LogP contribution in [0.25, 0.3) is 0 Å². The first-order valence-corrected chi connectivity index (χ1v) is 5.72. The van der Waals surface area contributed by atoms with Gasteiger partial charge in [0.1, 0.15) is 5.75 Å². The molecule has 0 spiro atoms. The van der Waals surface area contributed by atoms with Crippen LogP contribution in [0.15, 0.2) is 54.6 Å². The summed E-state index contributed by atoms with van der Waals surface area (Å²) in [5.41, 5.74) is 0.524. The second-order valence-corrected chi connectivity index (χ2v) is 3.88. The molecular formula is C15H12O4. The lowest BCUT2D eigenvalue weighted by atomic mass is 10.1. The molecule has 2 aromatic rings. The van der Waals surface area contributed by atoms with Gasteiger partial charge in [-0.3, -0.25) is 4.79 Å². The van der Waals surface area contributed by atoms with Crippen LogP contribution < -0.4 is 0 Å². The summed E-state index contributed by atoms with van der Waals surface area (Å²) in [4.78, 5) is 23.4. The number of hydrogen-bond acceptors (Lipinski definition) is 4. The van der Waals surface area contributed by atoms with Gasteiger partial charge in [-0.25, -0.2) is 4.79 Å². The zero-order chi connectivity index (χ0) is 13.7. The molecule has 0 aromatic heterocycles. The van der Waals surface area contributed by atoms with Gasteiger partial charge in [0.25, 0.3) is 0 Å². The van der Waals surface area contributed by atoms with Gasteiger partial charge in [-0.15, -0.1) is 0 Å². The monoisotopic (exact) mass is 256 g/mol. The first-order chi connectivity index (χ1) is 9.18. The Morgan fingerprint density at radius 1 is 0.947 bits per heavy atom. The number of esters is 1. The van der Waals surface area contributed by atoms with Gasteiger partial charge in [0, 0.05) is 0 Å². The highest BCUT2D eigenvalue weighted by molar-refractivity contribution is 6.01. The molecule has 1 N–H and O–H groups in total. The van der Waals surface area contributed by atoms with E-state index in [2.05, 4.69) is 0 Å². The van der Waals surface area contributed by atoms with Crippen molar-refractivity contribution in [3.63, 3.8) is 0 Å². The molecule has 4 heteroatoms. The molecule has 0 aliphatic carbocycles. The van der Waals surface area contributed by atoms with Crippen LogP contribution in [-0.4, -0.2) is 23.5 Å². The first-order valence-electron chi connectivity index (χ1n) is 5.72. The predicted molar refractivity (Wildman–Crippen MR) is 69.2 cm³/mol. The van der Waals surface area contributed by atoms with Crippen LogP contribution >= 0.6 is 0 Å². The fourth-order valence-corrected chi connectivity index (χ4v) is 1.58. The smallest absolute Gasteiger partial charge is 0.338 e. The fraction of sp³-hybridized carbons (Fsp3) is 0.0667. The van der Waals surface area contributed by atoms with Crippen LogP contribution in [0.2, 0.25) is 0 Å². The van der Waals surface area contributed by atoms with Crippen molar-refractivity contribution in [3.8, 4) is 5.75 Å². The summed E-state index contributed by atoms with van der Waals surface area (Å²) in [5.74, 6) is -1.13. The molecule has 0 saturated carbocycles. The minimum atomic E-state index is -0.565. The molecule has 0 heterocycles. The summed E-state index contributed by atoms with van der Waals surface area (Å²) in [7, 11) is 0. The van der Waals surface area contributed by atoms with E-state index < -0.39 is 18.4 Å². The number of carbonyl (C=O) groups excluding carboxylic acids is 2. The third-order valence-electron chi connectivity index (χ3n) is 2.55. The van der Waals surface area contributed by atoms with Crippen molar-refractivity contribution >= 4 is 11.8 Å². The lowest BCUT2D eigenvalue weighted by molar-refractivity contribution is 0.0474. The Morgan fingerprint density at radius 2 is 1.58 bits per heavy atom. The van der Waals surface area contributed by atoms with Crippen molar-refractivity contribution in [1.29, 1.82) is 0 Å². The second-order valence-electron chi connectivity index (χ2n) is 3.88. The fourth-order valence-electron chi connectivity index (χ4n) is 1.58. The summed E-state index contributed by atoms with van der Waals surface area (Å²) in [6, 6.07) is 14.5. The molecule has 0 aliphatic heterocycles. The quantitative estimate of drug-likeness (QED) is 0.674. The molecule has 0 bridgehead atoms. The topological polar surface area (TPSA) is 63.6 Å². The Hall–Kier alpha value is -2.62. The van der Waals surface area contributed by atoms with Crippen molar-refractivity contribution in [3.05, 3.63) is 65.7 Å². The highest BCUT2D eigenvalue weighted by atomic mass is 16.5. The summed E-state index contributed by atoms with van der Waals surface area (Å²) >= 11 is 0. The molecule has 0 radical (unpaired) electrons. The molecular weight excluding hydrogens is 244 g/mol. The highest BCUT2D eigenvalue weighted by Crippen LogP contribution is 2.16.